The molecule has 0 unspecified atom stereocenters. The number of fused-ring (bicyclic) bond motifs is 1. The summed E-state index contributed by atoms with van der Waals surface area (Å²) in [6.07, 6.45) is 1.65. The zero-order valence-electron chi connectivity index (χ0n) is 6.66. The molecular weight excluding hydrogens is 184 g/mol. The molecule has 1 aromatic carbocycles. The molecule has 0 radical (unpaired) electrons. The van der Waals surface area contributed by atoms with Crippen LogP contribution in [-0.2, 0) is 0 Å². The lowest BCUT2D eigenvalue weighted by Gasteiger charge is -1.99. The zero-order chi connectivity index (χ0) is 9.26. The number of hydrogen-bond donors (Lipinski definition) is 0. The molecule has 2 nitrogen and oxygen atoms in total. The summed E-state index contributed by atoms with van der Waals surface area (Å²) in [5, 5.41) is 10.2. The Labute approximate surface area is 80.4 Å². The van der Waals surface area contributed by atoms with Crippen molar-refractivity contribution in [3.63, 3.8) is 0 Å². The highest BCUT2D eigenvalue weighted by Crippen LogP contribution is 2.23. The largest absolute Gasteiger partial charge is 0.255 e. The van der Waals surface area contributed by atoms with Crippen LogP contribution in [0.15, 0.2) is 30.5 Å². The molecule has 62 valence electrons. The highest BCUT2D eigenvalue weighted by molar-refractivity contribution is 6.35. The summed E-state index contributed by atoms with van der Waals surface area (Å²) in [4.78, 5) is 4.11. The molecule has 2 rings (SSSR count). The van der Waals surface area contributed by atoms with E-state index in [1.807, 2.05) is 6.07 Å². The molecule has 0 atom stereocenters. The molecule has 0 aliphatic rings. The van der Waals surface area contributed by atoms with Gasteiger partial charge in [-0.15, -0.1) is 0 Å². The first-order valence-electron chi connectivity index (χ1n) is 3.76. The Bertz CT molecular complexity index is 500. The van der Waals surface area contributed by atoms with E-state index < -0.39 is 0 Å². The van der Waals surface area contributed by atoms with Crippen molar-refractivity contribution in [1.82, 2.24) is 4.98 Å². The first kappa shape index (κ1) is 8.03. The summed E-state index contributed by atoms with van der Waals surface area (Å²) in [5.41, 5.74) is 1.22. The van der Waals surface area contributed by atoms with E-state index in [0.29, 0.717) is 16.1 Å². The molecule has 0 N–H and O–H groups in total. The van der Waals surface area contributed by atoms with Gasteiger partial charge in [0.15, 0.2) is 0 Å². The minimum atomic E-state index is 0.556. The Morgan fingerprint density at radius 3 is 2.92 bits per heavy atom. The van der Waals surface area contributed by atoms with Crippen LogP contribution in [0.4, 0.5) is 0 Å². The normalized spacial score (nSPS) is 9.85. The molecule has 13 heavy (non-hydrogen) atoms. The van der Waals surface area contributed by atoms with Crippen LogP contribution < -0.4 is 0 Å². The van der Waals surface area contributed by atoms with Gasteiger partial charge in [-0.2, -0.15) is 5.26 Å². The second-order valence-electron chi connectivity index (χ2n) is 2.61. The summed E-state index contributed by atoms with van der Waals surface area (Å²) in [7, 11) is 0. The van der Waals surface area contributed by atoms with E-state index in [-0.39, 0.29) is 0 Å². The van der Waals surface area contributed by atoms with Crippen LogP contribution in [0.1, 0.15) is 5.56 Å². The summed E-state index contributed by atoms with van der Waals surface area (Å²) in [6.45, 7) is 0. The molecular formula is C10H5ClN2. The fourth-order valence-corrected chi connectivity index (χ4v) is 1.44. The third-order valence-electron chi connectivity index (χ3n) is 1.84. The molecule has 0 saturated heterocycles. The topological polar surface area (TPSA) is 36.7 Å². The van der Waals surface area contributed by atoms with E-state index in [0.717, 1.165) is 5.39 Å². The maximum absolute atomic E-state index is 8.79. The number of rotatable bonds is 0. The molecule has 0 aliphatic carbocycles. The SMILES string of the molecule is N#Cc1ccc(Cl)c2cccnc12. The third kappa shape index (κ3) is 1.24. The van der Waals surface area contributed by atoms with Crippen molar-refractivity contribution in [3.8, 4) is 6.07 Å². The van der Waals surface area contributed by atoms with E-state index in [1.54, 1.807) is 24.4 Å². The number of halogens is 1. The van der Waals surface area contributed by atoms with E-state index in [9.17, 15) is 0 Å². The average molecular weight is 189 g/mol. The van der Waals surface area contributed by atoms with Gasteiger partial charge in [-0.1, -0.05) is 11.6 Å². The molecule has 0 aliphatic heterocycles. The maximum Gasteiger partial charge on any atom is 0.101 e. The minimum absolute atomic E-state index is 0.556. The van der Waals surface area contributed by atoms with E-state index in [1.165, 1.54) is 0 Å². The minimum Gasteiger partial charge on any atom is -0.255 e. The van der Waals surface area contributed by atoms with Gasteiger partial charge < -0.3 is 0 Å². The van der Waals surface area contributed by atoms with Gasteiger partial charge in [-0.25, -0.2) is 0 Å². The number of nitrogens with zero attached hydrogens (tertiary/aromatic N) is 2. The molecule has 0 saturated carbocycles. The molecule has 0 amide bonds. The van der Waals surface area contributed by atoms with Crippen molar-refractivity contribution in [1.29, 1.82) is 5.26 Å². The van der Waals surface area contributed by atoms with Crippen LogP contribution >= 0.6 is 11.6 Å². The van der Waals surface area contributed by atoms with Gasteiger partial charge in [0.2, 0.25) is 0 Å². The monoisotopic (exact) mass is 188 g/mol. The van der Waals surface area contributed by atoms with Gasteiger partial charge >= 0.3 is 0 Å². The van der Waals surface area contributed by atoms with Gasteiger partial charge in [0.05, 0.1) is 16.1 Å². The Kier molecular flexibility index (Phi) is 1.88. The summed E-state index contributed by atoms with van der Waals surface area (Å²) in [5.74, 6) is 0. The number of benzene rings is 1. The summed E-state index contributed by atoms with van der Waals surface area (Å²) >= 11 is 5.94. The van der Waals surface area contributed by atoms with E-state index in [2.05, 4.69) is 11.1 Å². The second kappa shape index (κ2) is 3.04. The van der Waals surface area contributed by atoms with Crippen LogP contribution in [0, 0.1) is 11.3 Å². The van der Waals surface area contributed by atoms with Crippen molar-refractivity contribution in [2.75, 3.05) is 0 Å². The molecule has 2 aromatic rings. The Morgan fingerprint density at radius 2 is 2.15 bits per heavy atom. The number of hydrogen-bond acceptors (Lipinski definition) is 2. The predicted molar refractivity (Wildman–Crippen MR) is 51.5 cm³/mol. The van der Waals surface area contributed by atoms with Gasteiger partial charge in [0.25, 0.3) is 0 Å². The van der Waals surface area contributed by atoms with Crippen LogP contribution in [0.3, 0.4) is 0 Å². The molecule has 0 spiro atoms. The molecule has 0 fully saturated rings. The van der Waals surface area contributed by atoms with Gasteiger partial charge in [0.1, 0.15) is 6.07 Å². The van der Waals surface area contributed by atoms with Crippen molar-refractivity contribution in [3.05, 3.63) is 41.0 Å². The smallest absolute Gasteiger partial charge is 0.101 e. The predicted octanol–water partition coefficient (Wildman–Crippen LogP) is 2.76. The molecule has 0 bridgehead atoms. The number of aromatic nitrogens is 1. The highest BCUT2D eigenvalue weighted by atomic mass is 35.5. The molecule has 1 aromatic heterocycles. The van der Waals surface area contributed by atoms with Gasteiger partial charge in [0, 0.05) is 11.6 Å². The van der Waals surface area contributed by atoms with Crippen LogP contribution in [0.25, 0.3) is 10.9 Å². The standard InChI is InChI=1S/C10H5ClN2/c11-9-4-3-7(6-12)10-8(9)2-1-5-13-10/h1-5H. The third-order valence-corrected chi connectivity index (χ3v) is 2.17. The lowest BCUT2D eigenvalue weighted by atomic mass is 10.1. The first-order chi connectivity index (χ1) is 6.33. The summed E-state index contributed by atoms with van der Waals surface area (Å²) < 4.78 is 0. The fourth-order valence-electron chi connectivity index (χ4n) is 1.23. The average Bonchev–Trinajstić information content (AvgIpc) is 2.19. The zero-order valence-corrected chi connectivity index (χ0v) is 7.42. The Balaban J connectivity index is 2.95. The van der Waals surface area contributed by atoms with Crippen molar-refractivity contribution >= 4 is 22.5 Å². The molecule has 3 heteroatoms. The number of nitriles is 1. The Hall–Kier alpha value is -1.59. The quantitative estimate of drug-likeness (QED) is 0.638. The first-order valence-corrected chi connectivity index (χ1v) is 4.14. The Morgan fingerprint density at radius 1 is 1.31 bits per heavy atom. The van der Waals surface area contributed by atoms with Crippen molar-refractivity contribution in [2.24, 2.45) is 0 Å². The fraction of sp³-hybridized carbons (Fsp3) is 0. The lowest BCUT2D eigenvalue weighted by Crippen LogP contribution is -1.83. The van der Waals surface area contributed by atoms with Crippen molar-refractivity contribution in [2.45, 2.75) is 0 Å². The van der Waals surface area contributed by atoms with Crippen LogP contribution in [0.2, 0.25) is 5.02 Å². The van der Waals surface area contributed by atoms with Gasteiger partial charge in [-0.3, -0.25) is 4.98 Å². The summed E-state index contributed by atoms with van der Waals surface area (Å²) in [6, 6.07) is 9.12. The maximum atomic E-state index is 8.79. The van der Waals surface area contributed by atoms with E-state index >= 15 is 0 Å². The van der Waals surface area contributed by atoms with E-state index in [4.69, 9.17) is 16.9 Å². The van der Waals surface area contributed by atoms with Crippen molar-refractivity contribution < 1.29 is 0 Å². The second-order valence-corrected chi connectivity index (χ2v) is 3.01. The molecule has 1 heterocycles. The van der Waals surface area contributed by atoms with Crippen LogP contribution in [-0.4, -0.2) is 4.98 Å². The van der Waals surface area contributed by atoms with Crippen LogP contribution in [0.5, 0.6) is 0 Å². The lowest BCUT2D eigenvalue weighted by molar-refractivity contribution is 1.39. The highest BCUT2D eigenvalue weighted by Gasteiger charge is 2.03. The number of pyridine rings is 1. The van der Waals surface area contributed by atoms with Gasteiger partial charge in [-0.05, 0) is 24.3 Å².